The Morgan fingerprint density at radius 2 is 2.35 bits per heavy atom. The van der Waals surface area contributed by atoms with E-state index in [-0.39, 0.29) is 11.8 Å². The van der Waals surface area contributed by atoms with Gasteiger partial charge in [0.1, 0.15) is 6.04 Å². The van der Waals surface area contributed by atoms with E-state index < -0.39 is 6.04 Å². The van der Waals surface area contributed by atoms with E-state index >= 15 is 0 Å². The van der Waals surface area contributed by atoms with Gasteiger partial charge >= 0.3 is 0 Å². The van der Waals surface area contributed by atoms with E-state index in [2.05, 4.69) is 21.2 Å². The second-order valence-electron chi connectivity index (χ2n) is 4.97. The maximum Gasteiger partial charge on any atom is 0.262 e. The van der Waals surface area contributed by atoms with Gasteiger partial charge in [0.25, 0.3) is 5.91 Å². The fraction of sp³-hybridized carbons (Fsp3) is 0.538. The summed E-state index contributed by atoms with van der Waals surface area (Å²) in [6.45, 7) is 3.75. The second-order valence-corrected chi connectivity index (χ2v) is 7.44. The number of halogens is 1. The molecule has 2 atom stereocenters. The van der Waals surface area contributed by atoms with Crippen LogP contribution in [-0.4, -0.2) is 42.4 Å². The first-order chi connectivity index (χ1) is 9.51. The summed E-state index contributed by atoms with van der Waals surface area (Å²) >= 11 is 4.66. The Labute approximate surface area is 130 Å². The van der Waals surface area contributed by atoms with Crippen LogP contribution < -0.4 is 11.1 Å². The van der Waals surface area contributed by atoms with Gasteiger partial charge in [-0.15, -0.1) is 11.3 Å². The zero-order valence-corrected chi connectivity index (χ0v) is 13.7. The first-order valence-electron chi connectivity index (χ1n) is 6.56. The van der Waals surface area contributed by atoms with Crippen molar-refractivity contribution in [2.24, 2.45) is 11.7 Å². The largest absolute Gasteiger partial charge is 0.341 e. The van der Waals surface area contributed by atoms with Crippen LogP contribution in [0.25, 0.3) is 0 Å². The fourth-order valence-corrected chi connectivity index (χ4v) is 3.55. The van der Waals surface area contributed by atoms with E-state index in [4.69, 9.17) is 5.73 Å². The first-order valence-corrected chi connectivity index (χ1v) is 8.17. The van der Waals surface area contributed by atoms with Crippen LogP contribution in [0.3, 0.4) is 0 Å². The van der Waals surface area contributed by atoms with Gasteiger partial charge < -0.3 is 16.0 Å². The molecule has 3 N–H and O–H groups in total. The molecule has 5 nitrogen and oxygen atoms in total. The van der Waals surface area contributed by atoms with Crippen LogP contribution in [0.15, 0.2) is 15.9 Å². The van der Waals surface area contributed by atoms with Gasteiger partial charge in [-0.25, -0.2) is 0 Å². The standard InChI is InChI=1S/C13H18BrN3O2S/c1-8(13(19)17-5-4-9(6-15)7-17)16-12(18)10-2-3-11(14)20-10/h2-3,8-9H,4-7,15H2,1H3,(H,16,18). The van der Waals surface area contributed by atoms with Crippen LogP contribution in [0.4, 0.5) is 0 Å². The summed E-state index contributed by atoms with van der Waals surface area (Å²) in [4.78, 5) is 26.6. The Morgan fingerprint density at radius 1 is 1.60 bits per heavy atom. The van der Waals surface area contributed by atoms with E-state index in [1.807, 2.05) is 6.07 Å². The number of likely N-dealkylation sites (tertiary alicyclic amines) is 1. The van der Waals surface area contributed by atoms with Gasteiger partial charge in [-0.3, -0.25) is 9.59 Å². The van der Waals surface area contributed by atoms with Crippen molar-refractivity contribution in [1.29, 1.82) is 0 Å². The minimum absolute atomic E-state index is 0.0371. The van der Waals surface area contributed by atoms with Gasteiger partial charge in [0, 0.05) is 13.1 Å². The second kappa shape index (κ2) is 6.69. The molecule has 1 fully saturated rings. The molecule has 2 heterocycles. The average molecular weight is 360 g/mol. The van der Waals surface area contributed by atoms with Crippen molar-refractivity contribution in [3.8, 4) is 0 Å². The molecule has 0 aromatic carbocycles. The van der Waals surface area contributed by atoms with Gasteiger partial charge in [0.05, 0.1) is 8.66 Å². The molecular weight excluding hydrogens is 342 g/mol. The van der Waals surface area contributed by atoms with E-state index in [1.54, 1.807) is 17.9 Å². The highest BCUT2D eigenvalue weighted by Gasteiger charge is 2.29. The Morgan fingerprint density at radius 3 is 2.90 bits per heavy atom. The molecule has 2 unspecified atom stereocenters. The Bertz CT molecular complexity index is 506. The van der Waals surface area contributed by atoms with Crippen LogP contribution in [0.5, 0.6) is 0 Å². The molecule has 1 aliphatic heterocycles. The van der Waals surface area contributed by atoms with Crippen molar-refractivity contribution in [2.75, 3.05) is 19.6 Å². The number of carbonyl (C=O) groups excluding carboxylic acids is 2. The molecule has 1 aliphatic rings. The highest BCUT2D eigenvalue weighted by atomic mass is 79.9. The van der Waals surface area contributed by atoms with Crippen molar-refractivity contribution >= 4 is 39.1 Å². The lowest BCUT2D eigenvalue weighted by Crippen LogP contribution is -2.46. The van der Waals surface area contributed by atoms with Crippen molar-refractivity contribution in [2.45, 2.75) is 19.4 Å². The van der Waals surface area contributed by atoms with Gasteiger partial charge in [-0.05, 0) is 53.9 Å². The number of nitrogens with zero attached hydrogens (tertiary/aromatic N) is 1. The lowest BCUT2D eigenvalue weighted by Gasteiger charge is -2.21. The predicted octanol–water partition coefficient (Wildman–Crippen LogP) is 1.44. The molecule has 0 saturated carbocycles. The van der Waals surface area contributed by atoms with Crippen LogP contribution in [0, 0.1) is 5.92 Å². The number of carbonyl (C=O) groups is 2. The number of amides is 2. The Kier molecular flexibility index (Phi) is 5.17. The van der Waals surface area contributed by atoms with Crippen molar-refractivity contribution in [1.82, 2.24) is 10.2 Å². The van der Waals surface area contributed by atoms with Gasteiger partial charge in [-0.2, -0.15) is 0 Å². The number of hydrogen-bond donors (Lipinski definition) is 2. The molecule has 2 rings (SSSR count). The zero-order chi connectivity index (χ0) is 14.7. The Balaban J connectivity index is 1.89. The molecule has 1 saturated heterocycles. The molecule has 7 heteroatoms. The van der Waals surface area contributed by atoms with Crippen LogP contribution in [-0.2, 0) is 4.79 Å². The molecule has 0 radical (unpaired) electrons. The quantitative estimate of drug-likeness (QED) is 0.853. The summed E-state index contributed by atoms with van der Waals surface area (Å²) in [5, 5.41) is 2.75. The molecule has 20 heavy (non-hydrogen) atoms. The van der Waals surface area contributed by atoms with E-state index in [0.29, 0.717) is 23.9 Å². The summed E-state index contributed by atoms with van der Waals surface area (Å²) in [5.41, 5.74) is 5.62. The summed E-state index contributed by atoms with van der Waals surface area (Å²) in [5.74, 6) is 0.135. The fourth-order valence-electron chi connectivity index (χ4n) is 2.26. The summed E-state index contributed by atoms with van der Waals surface area (Å²) in [6.07, 6.45) is 0.945. The maximum absolute atomic E-state index is 12.2. The van der Waals surface area contributed by atoms with E-state index in [0.717, 1.165) is 16.8 Å². The van der Waals surface area contributed by atoms with Crippen LogP contribution >= 0.6 is 27.3 Å². The normalized spacial score (nSPS) is 19.9. The molecule has 0 bridgehead atoms. The van der Waals surface area contributed by atoms with Gasteiger partial charge in [0.2, 0.25) is 5.91 Å². The first kappa shape index (κ1) is 15.5. The minimum Gasteiger partial charge on any atom is -0.341 e. The lowest BCUT2D eigenvalue weighted by atomic mass is 10.1. The number of rotatable bonds is 4. The minimum atomic E-state index is -0.514. The average Bonchev–Trinajstić information content (AvgIpc) is 3.06. The van der Waals surface area contributed by atoms with Crippen molar-refractivity contribution < 1.29 is 9.59 Å². The number of nitrogens with one attached hydrogen (secondary N) is 1. The molecule has 1 aromatic heterocycles. The monoisotopic (exact) mass is 359 g/mol. The summed E-state index contributed by atoms with van der Waals surface area (Å²) in [6, 6.07) is 3.04. The molecule has 0 aliphatic carbocycles. The van der Waals surface area contributed by atoms with Crippen molar-refractivity contribution in [3.05, 3.63) is 20.8 Å². The summed E-state index contributed by atoms with van der Waals surface area (Å²) < 4.78 is 0.895. The molecule has 2 amide bonds. The highest BCUT2D eigenvalue weighted by molar-refractivity contribution is 9.11. The van der Waals surface area contributed by atoms with E-state index in [9.17, 15) is 9.59 Å². The summed E-state index contributed by atoms with van der Waals surface area (Å²) in [7, 11) is 0. The molecule has 1 aromatic rings. The zero-order valence-electron chi connectivity index (χ0n) is 11.3. The topological polar surface area (TPSA) is 75.4 Å². The van der Waals surface area contributed by atoms with E-state index in [1.165, 1.54) is 11.3 Å². The SMILES string of the molecule is CC(NC(=O)c1ccc(Br)s1)C(=O)N1CCC(CN)C1. The predicted molar refractivity (Wildman–Crippen MR) is 82.7 cm³/mol. The third-order valence-corrected chi connectivity index (χ3v) is 5.07. The molecule has 0 spiro atoms. The molecule has 110 valence electrons. The third-order valence-electron chi connectivity index (χ3n) is 3.45. The number of nitrogens with two attached hydrogens (primary N) is 1. The van der Waals surface area contributed by atoms with Crippen LogP contribution in [0.2, 0.25) is 0 Å². The maximum atomic E-state index is 12.2. The van der Waals surface area contributed by atoms with Gasteiger partial charge in [0.15, 0.2) is 0 Å². The van der Waals surface area contributed by atoms with Crippen molar-refractivity contribution in [3.63, 3.8) is 0 Å². The smallest absolute Gasteiger partial charge is 0.262 e. The Hall–Kier alpha value is -0.920. The van der Waals surface area contributed by atoms with Crippen LogP contribution in [0.1, 0.15) is 23.0 Å². The third kappa shape index (κ3) is 3.59. The van der Waals surface area contributed by atoms with Gasteiger partial charge in [-0.1, -0.05) is 0 Å². The molecular formula is C13H18BrN3O2S. The highest BCUT2D eigenvalue weighted by Crippen LogP contribution is 2.22. The number of thiophene rings is 1. The number of hydrogen-bond acceptors (Lipinski definition) is 4. The lowest BCUT2D eigenvalue weighted by molar-refractivity contribution is -0.131.